The molecule has 0 saturated carbocycles. The van der Waals surface area contributed by atoms with Crippen molar-refractivity contribution in [3.63, 3.8) is 0 Å². The molecule has 0 saturated heterocycles. The third-order valence-corrected chi connectivity index (χ3v) is 3.07. The third kappa shape index (κ3) is 2.57. The minimum absolute atomic E-state index is 0.0184. The van der Waals surface area contributed by atoms with Gasteiger partial charge in [0.25, 0.3) is 0 Å². The highest BCUT2D eigenvalue weighted by Gasteiger charge is 2.25. The average molecular weight is 269 g/mol. The van der Waals surface area contributed by atoms with Gasteiger partial charge in [0.15, 0.2) is 11.5 Å². The highest BCUT2D eigenvalue weighted by atomic mass is 35.5. The standard InChI is InChI=1S/C12H17ClN4O/c1-12(2,3)8(7-18)15-10-11-14-4-5-17(11)6-9(13)16-10/h4-6,8,18H,7H2,1-3H3,(H,15,16)/t8-/m0/s1. The molecule has 0 spiro atoms. The molecule has 2 N–H and O–H groups in total. The Labute approximate surface area is 111 Å². The van der Waals surface area contributed by atoms with Gasteiger partial charge in [0.2, 0.25) is 0 Å². The van der Waals surface area contributed by atoms with Gasteiger partial charge >= 0.3 is 0 Å². The minimum atomic E-state index is -0.121. The van der Waals surface area contributed by atoms with Gasteiger partial charge in [-0.05, 0) is 5.41 Å². The lowest BCUT2D eigenvalue weighted by Crippen LogP contribution is -2.37. The fourth-order valence-electron chi connectivity index (χ4n) is 1.70. The molecule has 2 aromatic rings. The number of aliphatic hydroxyl groups is 1. The summed E-state index contributed by atoms with van der Waals surface area (Å²) < 4.78 is 1.80. The lowest BCUT2D eigenvalue weighted by atomic mass is 9.87. The number of aromatic nitrogens is 3. The smallest absolute Gasteiger partial charge is 0.180 e. The van der Waals surface area contributed by atoms with Crippen molar-refractivity contribution in [2.45, 2.75) is 26.8 Å². The fraction of sp³-hybridized carbons (Fsp3) is 0.500. The summed E-state index contributed by atoms with van der Waals surface area (Å²) in [7, 11) is 0. The number of imidazole rings is 1. The van der Waals surface area contributed by atoms with Gasteiger partial charge in [0.1, 0.15) is 5.15 Å². The summed E-state index contributed by atoms with van der Waals surface area (Å²) in [6, 6.07) is -0.121. The number of fused-ring (bicyclic) bond motifs is 1. The van der Waals surface area contributed by atoms with Gasteiger partial charge in [-0.1, -0.05) is 32.4 Å². The Balaban J connectivity index is 2.39. The molecule has 0 fully saturated rings. The van der Waals surface area contributed by atoms with Gasteiger partial charge in [-0.25, -0.2) is 9.97 Å². The monoisotopic (exact) mass is 268 g/mol. The van der Waals surface area contributed by atoms with Crippen LogP contribution in [0.25, 0.3) is 5.65 Å². The summed E-state index contributed by atoms with van der Waals surface area (Å²) in [5.41, 5.74) is 0.601. The zero-order chi connectivity index (χ0) is 13.3. The second kappa shape index (κ2) is 4.74. The Hall–Kier alpha value is -1.33. The Bertz CT molecular complexity index is 546. The second-order valence-electron chi connectivity index (χ2n) is 5.32. The van der Waals surface area contributed by atoms with Crippen LogP contribution in [0.3, 0.4) is 0 Å². The molecule has 18 heavy (non-hydrogen) atoms. The van der Waals surface area contributed by atoms with E-state index >= 15 is 0 Å². The molecule has 0 aromatic carbocycles. The molecule has 98 valence electrons. The minimum Gasteiger partial charge on any atom is -0.394 e. The molecule has 5 nitrogen and oxygen atoms in total. The number of anilines is 1. The Kier molecular flexibility index (Phi) is 3.45. The fourth-order valence-corrected chi connectivity index (χ4v) is 1.89. The maximum absolute atomic E-state index is 9.46. The first-order valence-corrected chi connectivity index (χ1v) is 6.16. The largest absolute Gasteiger partial charge is 0.394 e. The van der Waals surface area contributed by atoms with Crippen LogP contribution in [-0.4, -0.2) is 32.1 Å². The molecule has 2 heterocycles. The molecule has 0 bridgehead atoms. The molecule has 1 atom stereocenters. The van der Waals surface area contributed by atoms with Crippen molar-refractivity contribution in [2.24, 2.45) is 5.41 Å². The molecular formula is C12H17ClN4O. The van der Waals surface area contributed by atoms with Crippen LogP contribution in [0.5, 0.6) is 0 Å². The quantitative estimate of drug-likeness (QED) is 0.896. The predicted octanol–water partition coefficient (Wildman–Crippen LogP) is 2.20. The van der Waals surface area contributed by atoms with Crippen molar-refractivity contribution >= 4 is 23.1 Å². The molecule has 0 amide bonds. The van der Waals surface area contributed by atoms with E-state index in [1.165, 1.54) is 0 Å². The maximum Gasteiger partial charge on any atom is 0.180 e. The number of hydrogen-bond donors (Lipinski definition) is 2. The Morgan fingerprint density at radius 3 is 2.83 bits per heavy atom. The SMILES string of the molecule is CC(C)(C)[C@H](CO)Nc1nc(Cl)cn2ccnc12. The van der Waals surface area contributed by atoms with E-state index in [4.69, 9.17) is 11.6 Å². The van der Waals surface area contributed by atoms with E-state index in [1.54, 1.807) is 23.0 Å². The van der Waals surface area contributed by atoms with Gasteiger partial charge in [-0.3, -0.25) is 0 Å². The van der Waals surface area contributed by atoms with Crippen LogP contribution >= 0.6 is 11.6 Å². The number of nitrogens with one attached hydrogen (secondary N) is 1. The van der Waals surface area contributed by atoms with Crippen molar-refractivity contribution in [3.05, 3.63) is 23.7 Å². The number of hydrogen-bond acceptors (Lipinski definition) is 4. The summed E-state index contributed by atoms with van der Waals surface area (Å²) in [6.07, 6.45) is 5.18. The van der Waals surface area contributed by atoms with Crippen LogP contribution in [0.4, 0.5) is 5.82 Å². The van der Waals surface area contributed by atoms with Gasteiger partial charge < -0.3 is 14.8 Å². The van der Waals surface area contributed by atoms with E-state index in [2.05, 4.69) is 15.3 Å². The number of aliphatic hydroxyl groups excluding tert-OH is 1. The van der Waals surface area contributed by atoms with Crippen LogP contribution in [0.1, 0.15) is 20.8 Å². The topological polar surface area (TPSA) is 62.5 Å². The lowest BCUT2D eigenvalue weighted by molar-refractivity contribution is 0.201. The molecule has 6 heteroatoms. The average Bonchev–Trinajstić information content (AvgIpc) is 2.71. The first kappa shape index (κ1) is 13.1. The highest BCUT2D eigenvalue weighted by molar-refractivity contribution is 6.29. The summed E-state index contributed by atoms with van der Waals surface area (Å²) in [4.78, 5) is 8.46. The molecule has 2 aromatic heterocycles. The third-order valence-electron chi connectivity index (χ3n) is 2.88. The summed E-state index contributed by atoms with van der Waals surface area (Å²) in [5.74, 6) is 0.585. The molecule has 0 aliphatic rings. The van der Waals surface area contributed by atoms with Crippen LogP contribution in [0.15, 0.2) is 18.6 Å². The zero-order valence-electron chi connectivity index (χ0n) is 10.7. The number of nitrogens with zero attached hydrogens (tertiary/aromatic N) is 3. The van der Waals surface area contributed by atoms with Crippen molar-refractivity contribution in [2.75, 3.05) is 11.9 Å². The summed E-state index contributed by atoms with van der Waals surface area (Å²) in [6.45, 7) is 6.17. The van der Waals surface area contributed by atoms with Crippen LogP contribution < -0.4 is 5.32 Å². The van der Waals surface area contributed by atoms with E-state index in [0.717, 1.165) is 0 Å². The van der Waals surface area contributed by atoms with Gasteiger partial charge in [-0.2, -0.15) is 0 Å². The van der Waals surface area contributed by atoms with E-state index in [0.29, 0.717) is 16.6 Å². The molecule has 0 aliphatic heterocycles. The second-order valence-corrected chi connectivity index (χ2v) is 5.70. The maximum atomic E-state index is 9.46. The summed E-state index contributed by atoms with van der Waals surface area (Å²) in [5, 5.41) is 13.1. The predicted molar refractivity (Wildman–Crippen MR) is 71.9 cm³/mol. The van der Waals surface area contributed by atoms with E-state index in [-0.39, 0.29) is 18.1 Å². The lowest BCUT2D eigenvalue weighted by Gasteiger charge is -2.30. The van der Waals surface area contributed by atoms with Crippen LogP contribution in [0, 0.1) is 5.41 Å². The molecule has 0 radical (unpaired) electrons. The van der Waals surface area contributed by atoms with Crippen molar-refractivity contribution < 1.29 is 5.11 Å². The van der Waals surface area contributed by atoms with Crippen molar-refractivity contribution in [1.29, 1.82) is 0 Å². The molecule has 2 rings (SSSR count). The Morgan fingerprint density at radius 1 is 1.50 bits per heavy atom. The molecule has 0 unspecified atom stereocenters. The number of rotatable bonds is 3. The first-order chi connectivity index (χ1) is 8.41. The normalized spacial score (nSPS) is 13.8. The summed E-state index contributed by atoms with van der Waals surface area (Å²) >= 11 is 5.96. The zero-order valence-corrected chi connectivity index (χ0v) is 11.4. The van der Waals surface area contributed by atoms with Crippen LogP contribution in [-0.2, 0) is 0 Å². The van der Waals surface area contributed by atoms with Crippen molar-refractivity contribution in [1.82, 2.24) is 14.4 Å². The highest BCUT2D eigenvalue weighted by Crippen LogP contribution is 2.24. The van der Waals surface area contributed by atoms with Gasteiger partial charge in [0, 0.05) is 18.6 Å². The Morgan fingerprint density at radius 2 is 2.22 bits per heavy atom. The van der Waals surface area contributed by atoms with E-state index in [9.17, 15) is 5.11 Å². The first-order valence-electron chi connectivity index (χ1n) is 5.78. The number of halogens is 1. The van der Waals surface area contributed by atoms with Crippen molar-refractivity contribution in [3.8, 4) is 0 Å². The van der Waals surface area contributed by atoms with Gasteiger partial charge in [-0.15, -0.1) is 0 Å². The van der Waals surface area contributed by atoms with Crippen LogP contribution in [0.2, 0.25) is 5.15 Å². The van der Waals surface area contributed by atoms with E-state index < -0.39 is 0 Å². The molecular weight excluding hydrogens is 252 g/mol. The molecule has 0 aliphatic carbocycles. The van der Waals surface area contributed by atoms with Gasteiger partial charge in [0.05, 0.1) is 12.6 Å². The van der Waals surface area contributed by atoms with E-state index in [1.807, 2.05) is 20.8 Å².